The summed E-state index contributed by atoms with van der Waals surface area (Å²) in [6.07, 6.45) is 0.281. The first kappa shape index (κ1) is 15.7. The highest BCUT2D eigenvalue weighted by Crippen LogP contribution is 2.17. The lowest BCUT2D eigenvalue weighted by molar-refractivity contribution is -0.120. The Balaban J connectivity index is 1.90. The summed E-state index contributed by atoms with van der Waals surface area (Å²) in [5.74, 6) is -1.11. The number of hydrogen-bond acceptors (Lipinski definition) is 4. The minimum Gasteiger partial charge on any atom is -0.477 e. The van der Waals surface area contributed by atoms with Crippen LogP contribution in [0.15, 0.2) is 28.7 Å². The molecule has 0 atom stereocenters. The first-order valence-corrected chi connectivity index (χ1v) is 7.77. The maximum atomic E-state index is 11.8. The summed E-state index contributed by atoms with van der Waals surface area (Å²) >= 11 is 4.42. The van der Waals surface area contributed by atoms with E-state index in [1.54, 1.807) is 6.92 Å². The van der Waals surface area contributed by atoms with Crippen LogP contribution in [0.5, 0.6) is 0 Å². The van der Waals surface area contributed by atoms with Gasteiger partial charge in [-0.1, -0.05) is 28.1 Å². The standard InChI is InChI=1S/C14H13BrN2O3S/c1-8-13(14(19)20)21-12(17-8)7-16-11(18)6-9-2-4-10(15)5-3-9/h2-5H,6-7H2,1H3,(H,16,18)(H,19,20). The molecule has 2 rings (SSSR count). The maximum absolute atomic E-state index is 11.8. The summed E-state index contributed by atoms with van der Waals surface area (Å²) in [4.78, 5) is 27.1. The number of rotatable bonds is 5. The molecule has 21 heavy (non-hydrogen) atoms. The average molecular weight is 369 g/mol. The van der Waals surface area contributed by atoms with E-state index in [2.05, 4.69) is 26.2 Å². The Bertz CT molecular complexity index is 667. The first-order valence-electron chi connectivity index (χ1n) is 6.16. The van der Waals surface area contributed by atoms with Gasteiger partial charge >= 0.3 is 5.97 Å². The molecule has 2 N–H and O–H groups in total. The quantitative estimate of drug-likeness (QED) is 0.850. The van der Waals surface area contributed by atoms with Gasteiger partial charge in [0.15, 0.2) is 0 Å². The van der Waals surface area contributed by atoms with E-state index in [-0.39, 0.29) is 23.7 Å². The van der Waals surface area contributed by atoms with Crippen molar-refractivity contribution in [1.29, 1.82) is 0 Å². The molecule has 0 aliphatic rings. The molecular formula is C14H13BrN2O3S. The van der Waals surface area contributed by atoms with E-state index in [4.69, 9.17) is 5.11 Å². The fraction of sp³-hybridized carbons (Fsp3) is 0.214. The minimum atomic E-state index is -0.988. The second kappa shape index (κ2) is 6.82. The number of aryl methyl sites for hydroxylation is 1. The van der Waals surface area contributed by atoms with Gasteiger partial charge in [0, 0.05) is 4.47 Å². The largest absolute Gasteiger partial charge is 0.477 e. The van der Waals surface area contributed by atoms with Crippen LogP contribution in [0.25, 0.3) is 0 Å². The van der Waals surface area contributed by atoms with Crippen molar-refractivity contribution in [3.8, 4) is 0 Å². The minimum absolute atomic E-state index is 0.123. The van der Waals surface area contributed by atoms with Crippen LogP contribution in [0.4, 0.5) is 0 Å². The molecule has 0 unspecified atom stereocenters. The van der Waals surface area contributed by atoms with Gasteiger partial charge in [0.05, 0.1) is 18.7 Å². The van der Waals surface area contributed by atoms with Crippen LogP contribution in [0.2, 0.25) is 0 Å². The van der Waals surface area contributed by atoms with E-state index in [1.165, 1.54) is 0 Å². The van der Waals surface area contributed by atoms with Crippen LogP contribution in [0.3, 0.4) is 0 Å². The summed E-state index contributed by atoms with van der Waals surface area (Å²) in [7, 11) is 0. The van der Waals surface area contributed by atoms with Crippen LogP contribution < -0.4 is 5.32 Å². The number of carbonyl (C=O) groups excluding carboxylic acids is 1. The van der Waals surface area contributed by atoms with Gasteiger partial charge in [-0.05, 0) is 24.6 Å². The summed E-state index contributed by atoms with van der Waals surface area (Å²) in [6, 6.07) is 7.51. The summed E-state index contributed by atoms with van der Waals surface area (Å²) in [5, 5.41) is 12.3. The number of carboxylic acids is 1. The van der Waals surface area contributed by atoms with Crippen molar-refractivity contribution in [3.63, 3.8) is 0 Å². The topological polar surface area (TPSA) is 79.3 Å². The second-order valence-corrected chi connectivity index (χ2v) is 6.41. The molecule has 0 radical (unpaired) electrons. The number of aromatic carboxylic acids is 1. The smallest absolute Gasteiger partial charge is 0.347 e. The zero-order chi connectivity index (χ0) is 15.4. The predicted octanol–water partition coefficient (Wildman–Crippen LogP) is 2.77. The third-order valence-corrected chi connectivity index (χ3v) is 4.42. The highest BCUT2D eigenvalue weighted by molar-refractivity contribution is 9.10. The third-order valence-electron chi connectivity index (χ3n) is 2.75. The van der Waals surface area contributed by atoms with Crippen LogP contribution in [-0.2, 0) is 17.8 Å². The predicted molar refractivity (Wildman–Crippen MR) is 83.5 cm³/mol. The molecule has 5 nitrogen and oxygen atoms in total. The number of nitrogens with one attached hydrogen (secondary N) is 1. The molecule has 1 aromatic carbocycles. The normalized spacial score (nSPS) is 10.4. The van der Waals surface area contributed by atoms with E-state index in [9.17, 15) is 9.59 Å². The molecule has 0 saturated heterocycles. The lowest BCUT2D eigenvalue weighted by atomic mass is 10.1. The van der Waals surface area contributed by atoms with Gasteiger partial charge in [0.1, 0.15) is 9.88 Å². The monoisotopic (exact) mass is 368 g/mol. The van der Waals surface area contributed by atoms with E-state index < -0.39 is 5.97 Å². The number of carboxylic acid groups (broad SMARTS) is 1. The number of amides is 1. The Hall–Kier alpha value is -1.73. The Kier molecular flexibility index (Phi) is 5.08. The van der Waals surface area contributed by atoms with Gasteiger partial charge in [-0.3, -0.25) is 4.79 Å². The lowest BCUT2D eigenvalue weighted by Crippen LogP contribution is -2.24. The molecule has 0 aliphatic carbocycles. The van der Waals surface area contributed by atoms with E-state index >= 15 is 0 Å². The molecule has 1 aromatic heterocycles. The number of aromatic nitrogens is 1. The molecule has 0 spiro atoms. The molecule has 1 heterocycles. The Morgan fingerprint density at radius 3 is 2.57 bits per heavy atom. The zero-order valence-electron chi connectivity index (χ0n) is 11.2. The van der Waals surface area contributed by atoms with Gasteiger partial charge in [0.2, 0.25) is 5.91 Å². The maximum Gasteiger partial charge on any atom is 0.347 e. The van der Waals surface area contributed by atoms with Crippen molar-refractivity contribution >= 4 is 39.1 Å². The number of nitrogens with zero attached hydrogens (tertiary/aromatic N) is 1. The zero-order valence-corrected chi connectivity index (χ0v) is 13.6. The number of benzene rings is 1. The van der Waals surface area contributed by atoms with Gasteiger partial charge < -0.3 is 10.4 Å². The fourth-order valence-electron chi connectivity index (χ4n) is 1.75. The van der Waals surface area contributed by atoms with Crippen molar-refractivity contribution in [2.45, 2.75) is 19.9 Å². The Morgan fingerprint density at radius 1 is 1.33 bits per heavy atom. The van der Waals surface area contributed by atoms with Gasteiger partial charge in [-0.25, -0.2) is 9.78 Å². The number of thiazole rings is 1. The third kappa shape index (κ3) is 4.37. The van der Waals surface area contributed by atoms with Crippen LogP contribution >= 0.6 is 27.3 Å². The SMILES string of the molecule is Cc1nc(CNC(=O)Cc2ccc(Br)cc2)sc1C(=O)O. The van der Waals surface area contributed by atoms with Crippen LogP contribution in [0.1, 0.15) is 25.9 Å². The van der Waals surface area contributed by atoms with Crippen LogP contribution in [-0.4, -0.2) is 22.0 Å². The van der Waals surface area contributed by atoms with Crippen molar-refractivity contribution in [2.75, 3.05) is 0 Å². The van der Waals surface area contributed by atoms with E-state index in [0.29, 0.717) is 10.7 Å². The molecule has 0 fully saturated rings. The Morgan fingerprint density at radius 2 is 2.00 bits per heavy atom. The molecule has 0 saturated carbocycles. The summed E-state index contributed by atoms with van der Waals surface area (Å²) < 4.78 is 0.964. The molecule has 0 aliphatic heterocycles. The van der Waals surface area contributed by atoms with Crippen LogP contribution in [0, 0.1) is 6.92 Å². The number of carbonyl (C=O) groups is 2. The van der Waals surface area contributed by atoms with Gasteiger partial charge in [-0.2, -0.15) is 0 Å². The van der Waals surface area contributed by atoms with Crippen molar-refractivity contribution in [3.05, 3.63) is 49.9 Å². The summed E-state index contributed by atoms with van der Waals surface area (Å²) in [6.45, 7) is 1.89. The number of halogens is 1. The molecule has 110 valence electrons. The van der Waals surface area contributed by atoms with Crippen molar-refractivity contribution < 1.29 is 14.7 Å². The lowest BCUT2D eigenvalue weighted by Gasteiger charge is -2.03. The summed E-state index contributed by atoms with van der Waals surface area (Å²) in [5.41, 5.74) is 1.39. The number of hydrogen-bond donors (Lipinski definition) is 2. The molecule has 2 aromatic rings. The highest BCUT2D eigenvalue weighted by Gasteiger charge is 2.14. The molecule has 7 heteroatoms. The van der Waals surface area contributed by atoms with E-state index in [0.717, 1.165) is 21.4 Å². The molecular weight excluding hydrogens is 356 g/mol. The second-order valence-electron chi connectivity index (χ2n) is 4.41. The molecule has 0 bridgehead atoms. The first-order chi connectivity index (χ1) is 9.95. The Labute approximate surface area is 134 Å². The fourth-order valence-corrected chi connectivity index (χ4v) is 2.86. The van der Waals surface area contributed by atoms with E-state index in [1.807, 2.05) is 24.3 Å². The average Bonchev–Trinajstić information content (AvgIpc) is 2.81. The van der Waals surface area contributed by atoms with Gasteiger partial charge in [-0.15, -0.1) is 11.3 Å². The van der Waals surface area contributed by atoms with Crippen molar-refractivity contribution in [1.82, 2.24) is 10.3 Å². The van der Waals surface area contributed by atoms with Gasteiger partial charge in [0.25, 0.3) is 0 Å². The highest BCUT2D eigenvalue weighted by atomic mass is 79.9. The molecule has 1 amide bonds. The van der Waals surface area contributed by atoms with Crippen molar-refractivity contribution in [2.24, 2.45) is 0 Å².